The molecule has 0 spiro atoms. The zero-order chi connectivity index (χ0) is 18.7. The van der Waals surface area contributed by atoms with E-state index in [2.05, 4.69) is 15.5 Å². The standard InChI is InChI=1S/C19H16FN3O3/c1-11-8-15(14-7-6-13(20)9-16(14)22-11)19(25)23-21-10-12-4-3-5-17(26-2)18(12)24/h3-10,24H,1-2H3,(H,23,25)/b21-10+. The van der Waals surface area contributed by atoms with Gasteiger partial charge in [0.15, 0.2) is 11.5 Å². The molecule has 1 amide bonds. The number of hydrogen-bond acceptors (Lipinski definition) is 5. The Balaban J connectivity index is 1.86. The molecule has 0 saturated heterocycles. The highest BCUT2D eigenvalue weighted by molar-refractivity contribution is 6.06. The van der Waals surface area contributed by atoms with Crippen LogP contribution in [0.1, 0.15) is 21.6 Å². The van der Waals surface area contributed by atoms with Crippen molar-refractivity contribution in [1.82, 2.24) is 10.4 Å². The summed E-state index contributed by atoms with van der Waals surface area (Å²) in [7, 11) is 1.44. The van der Waals surface area contributed by atoms with Gasteiger partial charge in [-0.15, -0.1) is 0 Å². The Labute approximate surface area is 148 Å². The molecule has 2 aromatic carbocycles. The van der Waals surface area contributed by atoms with Gasteiger partial charge in [-0.3, -0.25) is 9.78 Å². The number of aromatic hydroxyl groups is 1. The molecule has 3 rings (SSSR count). The molecule has 7 heteroatoms. The quantitative estimate of drug-likeness (QED) is 0.557. The Morgan fingerprint density at radius 1 is 1.31 bits per heavy atom. The van der Waals surface area contributed by atoms with E-state index in [1.165, 1.54) is 31.5 Å². The first kappa shape index (κ1) is 17.3. The van der Waals surface area contributed by atoms with E-state index in [1.807, 2.05) is 0 Å². The van der Waals surface area contributed by atoms with Crippen molar-refractivity contribution in [3.63, 3.8) is 0 Å². The minimum absolute atomic E-state index is 0.0753. The summed E-state index contributed by atoms with van der Waals surface area (Å²) in [4.78, 5) is 16.7. The molecular weight excluding hydrogens is 337 g/mol. The summed E-state index contributed by atoms with van der Waals surface area (Å²) in [5.41, 5.74) is 4.11. The van der Waals surface area contributed by atoms with Gasteiger partial charge in [-0.05, 0) is 37.3 Å². The lowest BCUT2D eigenvalue weighted by atomic mass is 10.1. The number of phenols is 1. The number of nitrogens with zero attached hydrogens (tertiary/aromatic N) is 2. The van der Waals surface area contributed by atoms with Crippen molar-refractivity contribution in [3.8, 4) is 11.5 Å². The predicted molar refractivity (Wildman–Crippen MR) is 96.2 cm³/mol. The number of halogens is 1. The summed E-state index contributed by atoms with van der Waals surface area (Å²) >= 11 is 0. The van der Waals surface area contributed by atoms with E-state index < -0.39 is 11.7 Å². The zero-order valence-corrected chi connectivity index (χ0v) is 14.2. The lowest BCUT2D eigenvalue weighted by molar-refractivity contribution is 0.0956. The van der Waals surface area contributed by atoms with Gasteiger partial charge in [0.2, 0.25) is 0 Å². The van der Waals surface area contributed by atoms with Gasteiger partial charge in [0, 0.05) is 22.7 Å². The van der Waals surface area contributed by atoms with Crippen molar-refractivity contribution in [2.45, 2.75) is 6.92 Å². The van der Waals surface area contributed by atoms with Crippen LogP contribution in [0.4, 0.5) is 4.39 Å². The first-order valence-corrected chi connectivity index (χ1v) is 7.76. The number of fused-ring (bicyclic) bond motifs is 1. The Morgan fingerprint density at radius 3 is 2.88 bits per heavy atom. The van der Waals surface area contributed by atoms with Gasteiger partial charge in [-0.2, -0.15) is 5.10 Å². The second kappa shape index (κ2) is 7.18. The molecule has 0 aliphatic heterocycles. The SMILES string of the molecule is COc1cccc(/C=N/NC(=O)c2cc(C)nc3cc(F)ccc23)c1O. The van der Waals surface area contributed by atoms with Crippen LogP contribution in [0.2, 0.25) is 0 Å². The number of ether oxygens (including phenoxy) is 1. The van der Waals surface area contributed by atoms with Gasteiger partial charge in [0.1, 0.15) is 5.82 Å². The van der Waals surface area contributed by atoms with Gasteiger partial charge in [0.25, 0.3) is 5.91 Å². The number of hydrazone groups is 1. The number of pyridine rings is 1. The molecule has 6 nitrogen and oxygen atoms in total. The maximum Gasteiger partial charge on any atom is 0.272 e. The highest BCUT2D eigenvalue weighted by atomic mass is 19.1. The maximum absolute atomic E-state index is 13.4. The number of carbonyl (C=O) groups is 1. The molecule has 2 N–H and O–H groups in total. The van der Waals surface area contributed by atoms with Crippen LogP contribution in [0.15, 0.2) is 47.6 Å². The van der Waals surface area contributed by atoms with Gasteiger partial charge in [-0.1, -0.05) is 6.07 Å². The average Bonchev–Trinajstić information content (AvgIpc) is 2.62. The van der Waals surface area contributed by atoms with Gasteiger partial charge < -0.3 is 9.84 Å². The van der Waals surface area contributed by atoms with Crippen LogP contribution in [0.3, 0.4) is 0 Å². The fourth-order valence-electron chi connectivity index (χ4n) is 2.55. The van der Waals surface area contributed by atoms with Gasteiger partial charge >= 0.3 is 0 Å². The monoisotopic (exact) mass is 353 g/mol. The van der Waals surface area contributed by atoms with Crippen LogP contribution in [-0.4, -0.2) is 29.3 Å². The Kier molecular flexibility index (Phi) is 4.79. The van der Waals surface area contributed by atoms with E-state index in [-0.39, 0.29) is 5.75 Å². The third kappa shape index (κ3) is 3.46. The summed E-state index contributed by atoms with van der Waals surface area (Å²) in [6.07, 6.45) is 1.31. The molecule has 0 aliphatic carbocycles. The topological polar surface area (TPSA) is 83.8 Å². The van der Waals surface area contributed by atoms with E-state index in [4.69, 9.17) is 4.74 Å². The van der Waals surface area contributed by atoms with Crippen LogP contribution in [0.25, 0.3) is 10.9 Å². The van der Waals surface area contributed by atoms with E-state index in [0.29, 0.717) is 33.5 Å². The van der Waals surface area contributed by atoms with Crippen LogP contribution in [0.5, 0.6) is 11.5 Å². The number of rotatable bonds is 4. The van der Waals surface area contributed by atoms with Crippen LogP contribution in [-0.2, 0) is 0 Å². The molecule has 1 aromatic heterocycles. The third-order valence-electron chi connectivity index (χ3n) is 3.76. The number of amides is 1. The number of hydrogen-bond donors (Lipinski definition) is 2. The predicted octanol–water partition coefficient (Wildman–Crippen LogP) is 3.16. The summed E-state index contributed by atoms with van der Waals surface area (Å²) in [5, 5.41) is 14.4. The van der Waals surface area contributed by atoms with Gasteiger partial charge in [-0.25, -0.2) is 9.82 Å². The Hall–Kier alpha value is -3.48. The molecule has 0 fully saturated rings. The Bertz CT molecular complexity index is 1010. The first-order chi connectivity index (χ1) is 12.5. The van der Waals surface area contributed by atoms with E-state index in [0.717, 1.165) is 0 Å². The fraction of sp³-hybridized carbons (Fsp3) is 0.105. The lowest BCUT2D eigenvalue weighted by Gasteiger charge is -2.07. The molecule has 0 aliphatic rings. The molecule has 1 heterocycles. The molecule has 0 atom stereocenters. The molecule has 3 aromatic rings. The summed E-state index contributed by atoms with van der Waals surface area (Å²) in [5.74, 6) is -0.661. The highest BCUT2D eigenvalue weighted by Gasteiger charge is 2.12. The highest BCUT2D eigenvalue weighted by Crippen LogP contribution is 2.28. The van der Waals surface area contributed by atoms with Crippen molar-refractivity contribution >= 4 is 23.0 Å². The molecular formula is C19H16FN3O3. The number of para-hydroxylation sites is 1. The van der Waals surface area contributed by atoms with E-state index >= 15 is 0 Å². The number of phenolic OH excluding ortho intramolecular Hbond substituents is 1. The van der Waals surface area contributed by atoms with E-state index in [9.17, 15) is 14.3 Å². The second-order valence-electron chi connectivity index (χ2n) is 5.57. The lowest BCUT2D eigenvalue weighted by Crippen LogP contribution is -2.18. The van der Waals surface area contributed by atoms with Crippen molar-refractivity contribution in [3.05, 3.63) is 65.1 Å². The molecule has 0 unspecified atom stereocenters. The third-order valence-corrected chi connectivity index (χ3v) is 3.76. The zero-order valence-electron chi connectivity index (χ0n) is 14.2. The number of nitrogens with one attached hydrogen (secondary N) is 1. The minimum atomic E-state index is -0.467. The average molecular weight is 353 g/mol. The number of aryl methyl sites for hydroxylation is 1. The fourth-order valence-corrected chi connectivity index (χ4v) is 2.55. The number of benzene rings is 2. The summed E-state index contributed by atoms with van der Waals surface area (Å²) in [6.45, 7) is 1.72. The number of aromatic nitrogens is 1. The summed E-state index contributed by atoms with van der Waals surface area (Å²) < 4.78 is 18.4. The van der Waals surface area contributed by atoms with E-state index in [1.54, 1.807) is 31.2 Å². The van der Waals surface area contributed by atoms with Crippen molar-refractivity contribution in [2.75, 3.05) is 7.11 Å². The molecule has 132 valence electrons. The normalized spacial score (nSPS) is 11.0. The molecule has 0 bridgehead atoms. The van der Waals surface area contributed by atoms with Gasteiger partial charge in [0.05, 0.1) is 24.4 Å². The minimum Gasteiger partial charge on any atom is -0.504 e. The molecule has 0 radical (unpaired) electrons. The van der Waals surface area contributed by atoms with Crippen molar-refractivity contribution in [2.24, 2.45) is 5.10 Å². The second-order valence-corrected chi connectivity index (χ2v) is 5.57. The molecule has 0 saturated carbocycles. The van der Waals surface area contributed by atoms with Crippen molar-refractivity contribution in [1.29, 1.82) is 0 Å². The Morgan fingerprint density at radius 2 is 2.12 bits per heavy atom. The number of carbonyl (C=O) groups excluding carboxylic acids is 1. The first-order valence-electron chi connectivity index (χ1n) is 7.76. The van der Waals surface area contributed by atoms with Crippen LogP contribution >= 0.6 is 0 Å². The van der Waals surface area contributed by atoms with Crippen LogP contribution in [0, 0.1) is 12.7 Å². The van der Waals surface area contributed by atoms with Crippen LogP contribution < -0.4 is 10.2 Å². The van der Waals surface area contributed by atoms with Crippen molar-refractivity contribution < 1.29 is 19.0 Å². The summed E-state index contributed by atoms with van der Waals surface area (Å²) in [6, 6.07) is 10.6. The largest absolute Gasteiger partial charge is 0.504 e. The smallest absolute Gasteiger partial charge is 0.272 e. The maximum atomic E-state index is 13.4. The molecule has 26 heavy (non-hydrogen) atoms. The number of methoxy groups -OCH3 is 1.